The van der Waals surface area contributed by atoms with Crippen LogP contribution in [0.15, 0.2) is 42.7 Å². The summed E-state index contributed by atoms with van der Waals surface area (Å²) in [4.78, 5) is 12.2. The molecule has 1 aromatic heterocycles. The van der Waals surface area contributed by atoms with E-state index in [2.05, 4.69) is 20.8 Å². The molecule has 0 aliphatic carbocycles. The van der Waals surface area contributed by atoms with Gasteiger partial charge in [-0.2, -0.15) is 0 Å². The van der Waals surface area contributed by atoms with Crippen molar-refractivity contribution in [2.45, 2.75) is 6.92 Å². The second-order valence-corrected chi connectivity index (χ2v) is 5.21. The van der Waals surface area contributed by atoms with Gasteiger partial charge in [-0.3, -0.25) is 4.79 Å². The van der Waals surface area contributed by atoms with Crippen LogP contribution in [-0.2, 0) is 0 Å². The van der Waals surface area contributed by atoms with Crippen LogP contribution in [0, 0.1) is 12.7 Å². The lowest BCUT2D eigenvalue weighted by molar-refractivity contribution is 0.102. The first-order valence-electron chi connectivity index (χ1n) is 6.65. The monoisotopic (exact) mass is 331 g/mol. The van der Waals surface area contributed by atoms with Gasteiger partial charge in [-0.25, -0.2) is 9.07 Å². The third-order valence-corrected chi connectivity index (χ3v) is 3.56. The predicted octanol–water partition coefficient (Wildman–Crippen LogP) is 3.02. The van der Waals surface area contributed by atoms with Crippen molar-refractivity contribution >= 4 is 23.2 Å². The summed E-state index contributed by atoms with van der Waals surface area (Å²) in [6.07, 6.45) is 1.47. The van der Waals surface area contributed by atoms with Crippen LogP contribution in [-0.4, -0.2) is 26.1 Å². The summed E-state index contributed by atoms with van der Waals surface area (Å²) in [5.41, 5.74) is 1.95. The minimum Gasteiger partial charge on any atom is -0.322 e. The minimum absolute atomic E-state index is 0.0598. The summed E-state index contributed by atoms with van der Waals surface area (Å²) >= 11 is 5.89. The smallest absolute Gasteiger partial charge is 0.260 e. The number of anilines is 1. The number of hydrogen-bond donors (Lipinski definition) is 1. The molecule has 0 atom stereocenters. The maximum absolute atomic E-state index is 13.8. The summed E-state index contributed by atoms with van der Waals surface area (Å²) in [7, 11) is 0. The van der Waals surface area contributed by atoms with Crippen molar-refractivity contribution in [2.24, 2.45) is 0 Å². The first kappa shape index (κ1) is 15.1. The lowest BCUT2D eigenvalue weighted by atomic mass is 10.1. The number of amides is 1. The van der Waals surface area contributed by atoms with Gasteiger partial charge in [-0.1, -0.05) is 17.7 Å². The third kappa shape index (κ3) is 3.04. The van der Waals surface area contributed by atoms with Crippen LogP contribution in [0.4, 0.5) is 10.1 Å². The summed E-state index contributed by atoms with van der Waals surface area (Å²) < 4.78 is 15.3. The molecule has 0 saturated heterocycles. The average Bonchev–Trinajstić information content (AvgIpc) is 3.01. The lowest BCUT2D eigenvalue weighted by Crippen LogP contribution is -2.14. The van der Waals surface area contributed by atoms with Crippen LogP contribution in [0.2, 0.25) is 5.02 Å². The molecule has 0 aliphatic heterocycles. The van der Waals surface area contributed by atoms with Crippen LogP contribution >= 0.6 is 11.6 Å². The molecule has 1 amide bonds. The highest BCUT2D eigenvalue weighted by atomic mass is 35.5. The lowest BCUT2D eigenvalue weighted by Gasteiger charge is -2.10. The van der Waals surface area contributed by atoms with E-state index in [9.17, 15) is 9.18 Å². The minimum atomic E-state index is -0.669. The Morgan fingerprint density at radius 1 is 1.30 bits per heavy atom. The van der Waals surface area contributed by atoms with Gasteiger partial charge in [0.05, 0.1) is 16.3 Å². The molecule has 0 aliphatic rings. The maximum atomic E-state index is 13.8. The highest BCUT2D eigenvalue weighted by Gasteiger charge is 2.16. The summed E-state index contributed by atoms with van der Waals surface area (Å²) in [6.45, 7) is 1.85. The van der Waals surface area contributed by atoms with Gasteiger partial charge in [-0.15, -0.1) is 5.10 Å². The van der Waals surface area contributed by atoms with Gasteiger partial charge in [0.25, 0.3) is 5.91 Å². The fourth-order valence-electron chi connectivity index (χ4n) is 2.17. The van der Waals surface area contributed by atoms with Crippen molar-refractivity contribution in [3.8, 4) is 5.69 Å². The van der Waals surface area contributed by atoms with Crippen LogP contribution in [0.5, 0.6) is 0 Å². The Hall–Kier alpha value is -2.80. The van der Waals surface area contributed by atoms with E-state index in [1.54, 1.807) is 18.2 Å². The number of hydrogen-bond acceptors (Lipinski definition) is 4. The van der Waals surface area contributed by atoms with E-state index < -0.39 is 11.7 Å². The molecule has 3 aromatic rings. The summed E-state index contributed by atoms with van der Waals surface area (Å²) in [5.74, 6) is -1.28. The molecule has 3 rings (SSSR count). The molecule has 2 aromatic carbocycles. The molecule has 1 N–H and O–H groups in total. The Kier molecular flexibility index (Phi) is 4.03. The highest BCUT2D eigenvalue weighted by molar-refractivity contribution is 6.34. The van der Waals surface area contributed by atoms with Crippen molar-refractivity contribution in [2.75, 3.05) is 5.32 Å². The number of nitrogens with one attached hydrogen (secondary N) is 1. The predicted molar refractivity (Wildman–Crippen MR) is 83.3 cm³/mol. The molecule has 1 heterocycles. The zero-order chi connectivity index (χ0) is 16.4. The van der Waals surface area contributed by atoms with E-state index >= 15 is 0 Å². The van der Waals surface area contributed by atoms with Crippen LogP contribution < -0.4 is 5.32 Å². The van der Waals surface area contributed by atoms with Crippen molar-refractivity contribution in [1.82, 2.24) is 20.2 Å². The average molecular weight is 332 g/mol. The van der Waals surface area contributed by atoms with Gasteiger partial charge in [0.15, 0.2) is 0 Å². The molecule has 0 fully saturated rings. The highest BCUT2D eigenvalue weighted by Crippen LogP contribution is 2.22. The van der Waals surface area contributed by atoms with Crippen molar-refractivity contribution in [3.63, 3.8) is 0 Å². The molecule has 0 bridgehead atoms. The molecular weight excluding hydrogens is 321 g/mol. The molecule has 0 spiro atoms. The Morgan fingerprint density at radius 2 is 2.13 bits per heavy atom. The quantitative estimate of drug-likeness (QED) is 0.800. The standard InChI is InChI=1S/C15H11ClFN5O/c1-9-7-10(5-6-13(9)22-8-18-20-21-22)19-15(23)14-11(16)3-2-4-12(14)17/h2-8H,1H3,(H,19,23). The number of aromatic nitrogens is 4. The van der Waals surface area contributed by atoms with Crippen LogP contribution in [0.3, 0.4) is 0 Å². The van der Waals surface area contributed by atoms with E-state index in [0.29, 0.717) is 5.69 Å². The zero-order valence-electron chi connectivity index (χ0n) is 12.0. The number of aryl methyl sites for hydroxylation is 1. The fraction of sp³-hybridized carbons (Fsp3) is 0.0667. The Labute approximate surface area is 135 Å². The Bertz CT molecular complexity index is 846. The number of rotatable bonds is 3. The van der Waals surface area contributed by atoms with E-state index in [1.165, 1.54) is 29.2 Å². The second-order valence-electron chi connectivity index (χ2n) is 4.81. The van der Waals surface area contributed by atoms with E-state index in [4.69, 9.17) is 11.6 Å². The van der Waals surface area contributed by atoms with E-state index in [1.807, 2.05) is 6.92 Å². The number of carbonyl (C=O) groups excluding carboxylic acids is 1. The first-order valence-corrected chi connectivity index (χ1v) is 7.03. The number of tetrazole rings is 1. The van der Waals surface area contributed by atoms with Gasteiger partial charge < -0.3 is 5.32 Å². The van der Waals surface area contributed by atoms with Gasteiger partial charge in [0.1, 0.15) is 12.1 Å². The largest absolute Gasteiger partial charge is 0.322 e. The van der Waals surface area contributed by atoms with Crippen molar-refractivity contribution < 1.29 is 9.18 Å². The fourth-order valence-corrected chi connectivity index (χ4v) is 2.42. The summed E-state index contributed by atoms with van der Waals surface area (Å²) in [5, 5.41) is 13.7. The SMILES string of the molecule is Cc1cc(NC(=O)c2c(F)cccc2Cl)ccc1-n1cnnn1. The normalized spacial score (nSPS) is 10.6. The Balaban J connectivity index is 1.86. The molecule has 0 saturated carbocycles. The molecule has 23 heavy (non-hydrogen) atoms. The van der Waals surface area contributed by atoms with Gasteiger partial charge in [-0.05, 0) is 53.2 Å². The van der Waals surface area contributed by atoms with E-state index in [-0.39, 0.29) is 10.6 Å². The maximum Gasteiger partial charge on any atom is 0.260 e. The third-order valence-electron chi connectivity index (χ3n) is 3.24. The number of halogens is 2. The number of benzene rings is 2. The molecule has 116 valence electrons. The Morgan fingerprint density at radius 3 is 2.78 bits per heavy atom. The van der Waals surface area contributed by atoms with Gasteiger partial charge in [0, 0.05) is 5.69 Å². The summed E-state index contributed by atoms with van der Waals surface area (Å²) in [6, 6.07) is 9.27. The van der Waals surface area contributed by atoms with Gasteiger partial charge >= 0.3 is 0 Å². The molecule has 0 unspecified atom stereocenters. The van der Waals surface area contributed by atoms with Crippen LogP contribution in [0.1, 0.15) is 15.9 Å². The second kappa shape index (κ2) is 6.13. The molecule has 8 heteroatoms. The molecular formula is C15H11ClFN5O. The van der Waals surface area contributed by atoms with Crippen molar-refractivity contribution in [1.29, 1.82) is 0 Å². The van der Waals surface area contributed by atoms with Gasteiger partial charge in [0.2, 0.25) is 0 Å². The molecule has 0 radical (unpaired) electrons. The number of carbonyl (C=O) groups is 1. The molecule has 6 nitrogen and oxygen atoms in total. The first-order chi connectivity index (χ1) is 11.1. The topological polar surface area (TPSA) is 72.7 Å². The van der Waals surface area contributed by atoms with Crippen molar-refractivity contribution in [3.05, 3.63) is 64.7 Å². The zero-order valence-corrected chi connectivity index (χ0v) is 12.8. The van der Waals surface area contributed by atoms with Crippen LogP contribution in [0.25, 0.3) is 5.69 Å². The van der Waals surface area contributed by atoms with E-state index in [0.717, 1.165) is 11.3 Å². The number of nitrogens with zero attached hydrogens (tertiary/aromatic N) is 4.